The van der Waals surface area contributed by atoms with E-state index in [2.05, 4.69) is 0 Å². The number of carbonyl (C=O) groups is 1. The van der Waals surface area contributed by atoms with E-state index in [1.807, 2.05) is 104 Å². The van der Waals surface area contributed by atoms with Crippen molar-refractivity contribution in [2.24, 2.45) is 0 Å². The average Bonchev–Trinajstić information content (AvgIpc) is 2.98. The molecule has 0 radical (unpaired) electrons. The molecular weight excluding hydrogens is 441 g/mol. The van der Waals surface area contributed by atoms with Gasteiger partial charge in [-0.05, 0) is 83.6 Å². The van der Waals surface area contributed by atoms with E-state index in [1.165, 1.54) is 0 Å². The van der Waals surface area contributed by atoms with Gasteiger partial charge in [0.15, 0.2) is 0 Å². The van der Waals surface area contributed by atoms with E-state index in [0.29, 0.717) is 25.4 Å². The first kappa shape index (κ1) is 27.1. The zero-order valence-corrected chi connectivity index (χ0v) is 22.5. The van der Waals surface area contributed by atoms with Gasteiger partial charge in [-0.25, -0.2) is 4.79 Å². The minimum atomic E-state index is -0.558. The largest absolute Gasteiger partial charge is 0.494 e. The monoisotopic (exact) mass is 481 g/mol. The van der Waals surface area contributed by atoms with Crippen LogP contribution in [0.2, 0.25) is 0 Å². The standard InChI is InChI=1S/C28H40BNO5/c1-9-15-30(25(31)33-26(2,3)4)19-22-16-23(29-34-27(5,6)28(7,8)35-29)18-24(17-22)32-20-21-13-11-10-12-14-21/h10-14,16-18H,9,15,19-20H2,1-8H3. The number of ether oxygens (including phenoxy) is 2. The van der Waals surface area contributed by atoms with Crippen molar-refractivity contribution in [3.05, 3.63) is 59.7 Å². The molecule has 1 fully saturated rings. The average molecular weight is 481 g/mol. The van der Waals surface area contributed by atoms with Gasteiger partial charge in [-0.15, -0.1) is 0 Å². The van der Waals surface area contributed by atoms with E-state index in [-0.39, 0.29) is 6.09 Å². The molecule has 0 N–H and O–H groups in total. The summed E-state index contributed by atoms with van der Waals surface area (Å²) in [6, 6.07) is 16.0. The summed E-state index contributed by atoms with van der Waals surface area (Å²) in [6.45, 7) is 17.3. The Morgan fingerprint density at radius 2 is 1.60 bits per heavy atom. The lowest BCUT2D eigenvalue weighted by Gasteiger charge is -2.32. The second kappa shape index (κ2) is 10.6. The van der Waals surface area contributed by atoms with Crippen LogP contribution in [0.1, 0.15) is 72.9 Å². The molecule has 2 aromatic carbocycles. The van der Waals surface area contributed by atoms with Crippen LogP contribution < -0.4 is 10.2 Å². The number of carbonyl (C=O) groups excluding carboxylic acids is 1. The number of rotatable bonds is 8. The smallest absolute Gasteiger partial charge is 0.489 e. The summed E-state index contributed by atoms with van der Waals surface area (Å²) in [7, 11) is -0.528. The Bertz CT molecular complexity index is 984. The molecule has 7 heteroatoms. The fourth-order valence-electron chi connectivity index (χ4n) is 3.77. The third-order valence-corrected chi connectivity index (χ3v) is 6.28. The summed E-state index contributed by atoms with van der Waals surface area (Å²) >= 11 is 0. The normalized spacial score (nSPS) is 16.7. The highest BCUT2D eigenvalue weighted by atomic mass is 16.7. The molecule has 35 heavy (non-hydrogen) atoms. The van der Waals surface area contributed by atoms with Crippen LogP contribution in [0.3, 0.4) is 0 Å². The summed E-state index contributed by atoms with van der Waals surface area (Å²) in [4.78, 5) is 14.6. The van der Waals surface area contributed by atoms with Gasteiger partial charge >= 0.3 is 13.2 Å². The number of hydrogen-bond donors (Lipinski definition) is 0. The predicted octanol–water partition coefficient (Wildman–Crippen LogP) is 5.71. The summed E-state index contributed by atoms with van der Waals surface area (Å²) in [5.74, 6) is 0.705. The molecule has 0 unspecified atom stereocenters. The van der Waals surface area contributed by atoms with Gasteiger partial charge in [0, 0.05) is 13.1 Å². The maximum atomic E-state index is 12.9. The highest BCUT2D eigenvalue weighted by Crippen LogP contribution is 2.36. The van der Waals surface area contributed by atoms with Gasteiger partial charge in [0.05, 0.1) is 11.2 Å². The molecule has 1 aliphatic rings. The van der Waals surface area contributed by atoms with Crippen molar-refractivity contribution in [3.63, 3.8) is 0 Å². The number of nitrogens with zero attached hydrogens (tertiary/aromatic N) is 1. The van der Waals surface area contributed by atoms with Crippen LogP contribution in [0.5, 0.6) is 5.75 Å². The van der Waals surface area contributed by atoms with E-state index in [4.69, 9.17) is 18.8 Å². The van der Waals surface area contributed by atoms with Crippen molar-refractivity contribution in [2.75, 3.05) is 6.54 Å². The second-order valence-electron chi connectivity index (χ2n) is 11.2. The molecule has 2 aromatic rings. The van der Waals surface area contributed by atoms with Gasteiger partial charge in [-0.2, -0.15) is 0 Å². The molecule has 1 aliphatic heterocycles. The molecule has 6 nitrogen and oxygen atoms in total. The molecule has 0 aliphatic carbocycles. The number of amides is 1. The van der Waals surface area contributed by atoms with Crippen molar-refractivity contribution < 1.29 is 23.6 Å². The lowest BCUT2D eigenvalue weighted by Crippen LogP contribution is -2.41. The van der Waals surface area contributed by atoms with Gasteiger partial charge < -0.3 is 23.7 Å². The SMILES string of the molecule is CCCN(Cc1cc(OCc2ccccc2)cc(B2OC(C)(C)C(C)(C)O2)c1)C(=O)OC(C)(C)C. The van der Waals surface area contributed by atoms with Crippen LogP contribution in [0, 0.1) is 0 Å². The molecule has 1 amide bonds. The topological polar surface area (TPSA) is 57.2 Å². The first-order valence-electron chi connectivity index (χ1n) is 12.4. The molecule has 1 heterocycles. The first-order chi connectivity index (χ1) is 16.3. The zero-order chi connectivity index (χ0) is 25.9. The highest BCUT2D eigenvalue weighted by Gasteiger charge is 2.51. The van der Waals surface area contributed by atoms with Crippen molar-refractivity contribution in [2.45, 2.75) is 91.8 Å². The summed E-state index contributed by atoms with van der Waals surface area (Å²) < 4.78 is 24.4. The Labute approximate surface area is 211 Å². The molecule has 0 spiro atoms. The van der Waals surface area contributed by atoms with Crippen LogP contribution in [0.4, 0.5) is 4.79 Å². The Morgan fingerprint density at radius 1 is 0.971 bits per heavy atom. The van der Waals surface area contributed by atoms with Crippen molar-refractivity contribution in [1.82, 2.24) is 4.90 Å². The molecule has 0 bridgehead atoms. The van der Waals surface area contributed by atoms with Crippen LogP contribution >= 0.6 is 0 Å². The Hall–Kier alpha value is -2.51. The quantitative estimate of drug-likeness (QED) is 0.452. The van der Waals surface area contributed by atoms with E-state index < -0.39 is 23.9 Å². The van der Waals surface area contributed by atoms with Gasteiger partial charge in [-0.3, -0.25) is 0 Å². The fourth-order valence-corrected chi connectivity index (χ4v) is 3.77. The third kappa shape index (κ3) is 7.25. The number of benzene rings is 2. The van der Waals surface area contributed by atoms with Crippen LogP contribution in [0.25, 0.3) is 0 Å². The van der Waals surface area contributed by atoms with Crippen LogP contribution in [0.15, 0.2) is 48.5 Å². The highest BCUT2D eigenvalue weighted by molar-refractivity contribution is 6.62. The first-order valence-corrected chi connectivity index (χ1v) is 12.4. The summed E-state index contributed by atoms with van der Waals surface area (Å²) in [5.41, 5.74) is 1.41. The fraction of sp³-hybridized carbons (Fsp3) is 0.536. The lowest BCUT2D eigenvalue weighted by molar-refractivity contribution is 0.00578. The second-order valence-corrected chi connectivity index (χ2v) is 11.2. The Kier molecular flexibility index (Phi) is 8.23. The molecule has 3 rings (SSSR count). The maximum absolute atomic E-state index is 12.9. The van der Waals surface area contributed by atoms with E-state index in [9.17, 15) is 4.79 Å². The van der Waals surface area contributed by atoms with Gasteiger partial charge in [0.1, 0.15) is 18.0 Å². The van der Waals surface area contributed by atoms with Crippen molar-refractivity contribution >= 4 is 18.7 Å². The minimum absolute atomic E-state index is 0.327. The molecule has 1 saturated heterocycles. The summed E-state index contributed by atoms with van der Waals surface area (Å²) in [5, 5.41) is 0. The summed E-state index contributed by atoms with van der Waals surface area (Å²) in [6.07, 6.45) is 0.500. The van der Waals surface area contributed by atoms with Crippen molar-refractivity contribution in [3.8, 4) is 5.75 Å². The molecule has 0 atom stereocenters. The third-order valence-electron chi connectivity index (χ3n) is 6.28. The Morgan fingerprint density at radius 3 is 2.17 bits per heavy atom. The van der Waals surface area contributed by atoms with Crippen molar-refractivity contribution in [1.29, 1.82) is 0 Å². The zero-order valence-electron chi connectivity index (χ0n) is 22.5. The molecule has 0 aromatic heterocycles. The van der Waals surface area contributed by atoms with E-state index in [1.54, 1.807) is 4.90 Å². The van der Waals surface area contributed by atoms with Gasteiger partial charge in [0.2, 0.25) is 0 Å². The maximum Gasteiger partial charge on any atom is 0.494 e. The molecular formula is C28H40BNO5. The van der Waals surface area contributed by atoms with Crippen LogP contribution in [-0.2, 0) is 27.2 Å². The predicted molar refractivity (Wildman–Crippen MR) is 140 cm³/mol. The Balaban J connectivity index is 1.90. The number of hydrogen-bond acceptors (Lipinski definition) is 5. The van der Waals surface area contributed by atoms with Crippen LogP contribution in [-0.4, -0.2) is 41.5 Å². The molecule has 190 valence electrons. The minimum Gasteiger partial charge on any atom is -0.489 e. The van der Waals surface area contributed by atoms with Gasteiger partial charge in [0.25, 0.3) is 0 Å². The van der Waals surface area contributed by atoms with Gasteiger partial charge in [-0.1, -0.05) is 43.3 Å². The van der Waals surface area contributed by atoms with E-state index in [0.717, 1.165) is 23.0 Å². The molecule has 0 saturated carbocycles. The lowest BCUT2D eigenvalue weighted by atomic mass is 9.78. The van der Waals surface area contributed by atoms with E-state index >= 15 is 0 Å².